The molecule has 1 aliphatic rings. The number of aryl methyl sites for hydroxylation is 2. The average molecular weight is 440 g/mol. The number of amides is 2. The van der Waals surface area contributed by atoms with Crippen molar-refractivity contribution in [3.8, 4) is 5.75 Å². The highest BCUT2D eigenvalue weighted by molar-refractivity contribution is 6.22. The third kappa shape index (κ3) is 4.00. The molecule has 2 heterocycles. The Morgan fingerprint density at radius 3 is 2.39 bits per heavy atom. The van der Waals surface area contributed by atoms with E-state index in [4.69, 9.17) is 9.72 Å². The molecular formula is C27H25N3O3. The number of aromatic nitrogens is 2. The van der Waals surface area contributed by atoms with E-state index in [9.17, 15) is 9.59 Å². The summed E-state index contributed by atoms with van der Waals surface area (Å²) in [4.78, 5) is 32.6. The van der Waals surface area contributed by atoms with Crippen molar-refractivity contribution in [3.63, 3.8) is 0 Å². The van der Waals surface area contributed by atoms with Gasteiger partial charge in [-0.25, -0.2) is 9.88 Å². The van der Waals surface area contributed by atoms with Crippen molar-refractivity contribution >= 4 is 28.5 Å². The smallest absolute Gasteiger partial charge is 0.257 e. The van der Waals surface area contributed by atoms with E-state index in [1.54, 1.807) is 24.3 Å². The van der Waals surface area contributed by atoms with Gasteiger partial charge in [-0.15, -0.1) is 0 Å². The normalized spacial score (nSPS) is 16.0. The van der Waals surface area contributed by atoms with E-state index in [2.05, 4.69) is 12.1 Å². The fraction of sp³-hybridized carbons (Fsp3) is 0.222. The molecule has 0 N–H and O–H groups in total. The molecule has 1 saturated heterocycles. The fourth-order valence-electron chi connectivity index (χ4n) is 4.47. The zero-order valence-corrected chi connectivity index (χ0v) is 18.5. The maximum Gasteiger partial charge on any atom is 0.257 e. The molecule has 0 saturated carbocycles. The lowest BCUT2D eigenvalue weighted by atomic mass is 10.1. The summed E-state index contributed by atoms with van der Waals surface area (Å²) in [6.45, 7) is 2.47. The van der Waals surface area contributed by atoms with Gasteiger partial charge in [-0.05, 0) is 55.3 Å². The van der Waals surface area contributed by atoms with Crippen LogP contribution in [0, 0.1) is 0 Å². The summed E-state index contributed by atoms with van der Waals surface area (Å²) in [7, 11) is 0. The highest BCUT2D eigenvalue weighted by Gasteiger charge is 2.42. The van der Waals surface area contributed by atoms with Gasteiger partial charge in [-0.2, -0.15) is 0 Å². The van der Waals surface area contributed by atoms with E-state index in [0.29, 0.717) is 24.5 Å². The van der Waals surface area contributed by atoms with Crippen molar-refractivity contribution in [2.75, 3.05) is 11.5 Å². The topological polar surface area (TPSA) is 64.4 Å². The summed E-state index contributed by atoms with van der Waals surface area (Å²) in [6.07, 6.45) is 1.60. The first-order chi connectivity index (χ1) is 16.2. The van der Waals surface area contributed by atoms with E-state index in [-0.39, 0.29) is 18.2 Å². The van der Waals surface area contributed by atoms with E-state index >= 15 is 0 Å². The van der Waals surface area contributed by atoms with Crippen molar-refractivity contribution in [2.24, 2.45) is 0 Å². The van der Waals surface area contributed by atoms with Crippen molar-refractivity contribution in [1.82, 2.24) is 9.55 Å². The summed E-state index contributed by atoms with van der Waals surface area (Å²) >= 11 is 0. The van der Waals surface area contributed by atoms with Gasteiger partial charge in [0.1, 0.15) is 17.6 Å². The van der Waals surface area contributed by atoms with Crippen LogP contribution in [0.3, 0.4) is 0 Å². The molecular weight excluding hydrogens is 414 g/mol. The van der Waals surface area contributed by atoms with Gasteiger partial charge in [0.2, 0.25) is 5.91 Å². The van der Waals surface area contributed by atoms with Gasteiger partial charge in [0.15, 0.2) is 0 Å². The molecule has 0 bridgehead atoms. The Kier molecular flexibility index (Phi) is 5.65. The number of para-hydroxylation sites is 2. The largest absolute Gasteiger partial charge is 0.494 e. The molecule has 1 aliphatic heterocycles. The Balaban J connectivity index is 1.48. The van der Waals surface area contributed by atoms with Crippen molar-refractivity contribution < 1.29 is 14.3 Å². The van der Waals surface area contributed by atoms with Gasteiger partial charge in [0.05, 0.1) is 29.7 Å². The van der Waals surface area contributed by atoms with Gasteiger partial charge < -0.3 is 9.30 Å². The van der Waals surface area contributed by atoms with Gasteiger partial charge >= 0.3 is 0 Å². The number of nitrogens with zero attached hydrogens (tertiary/aromatic N) is 3. The number of benzene rings is 3. The Labute approximate surface area is 192 Å². The molecule has 33 heavy (non-hydrogen) atoms. The quantitative estimate of drug-likeness (QED) is 0.391. The van der Waals surface area contributed by atoms with E-state index < -0.39 is 6.04 Å². The number of anilines is 1. The highest BCUT2D eigenvalue weighted by Crippen LogP contribution is 2.34. The van der Waals surface area contributed by atoms with Crippen LogP contribution in [0.1, 0.15) is 30.8 Å². The van der Waals surface area contributed by atoms with E-state index in [1.165, 1.54) is 10.5 Å². The predicted molar refractivity (Wildman–Crippen MR) is 127 cm³/mol. The SMILES string of the molecule is CCOc1ccc(N2C(=O)C[C@H](n3c(CCc4ccccc4)nc4ccccc43)C2=O)cc1. The minimum atomic E-state index is -0.609. The third-order valence-corrected chi connectivity index (χ3v) is 5.99. The first-order valence-corrected chi connectivity index (χ1v) is 11.2. The Morgan fingerprint density at radius 1 is 0.909 bits per heavy atom. The molecule has 6 nitrogen and oxygen atoms in total. The van der Waals surface area contributed by atoms with Crippen LogP contribution >= 0.6 is 0 Å². The van der Waals surface area contributed by atoms with Crippen molar-refractivity contribution in [2.45, 2.75) is 32.2 Å². The lowest BCUT2D eigenvalue weighted by Gasteiger charge is -2.18. The minimum absolute atomic E-state index is 0.116. The van der Waals surface area contributed by atoms with Crippen molar-refractivity contribution in [3.05, 3.63) is 90.3 Å². The molecule has 0 radical (unpaired) electrons. The number of ether oxygens (including phenoxy) is 1. The van der Waals surface area contributed by atoms with Gasteiger partial charge in [-0.3, -0.25) is 9.59 Å². The van der Waals surface area contributed by atoms with Gasteiger partial charge in [-0.1, -0.05) is 42.5 Å². The summed E-state index contributed by atoms with van der Waals surface area (Å²) in [6, 6.07) is 24.5. The minimum Gasteiger partial charge on any atom is -0.494 e. The second-order valence-electron chi connectivity index (χ2n) is 8.09. The van der Waals surface area contributed by atoms with Crippen LogP contribution in [-0.4, -0.2) is 28.0 Å². The van der Waals surface area contributed by atoms with Crippen LogP contribution < -0.4 is 9.64 Å². The number of carbonyl (C=O) groups is 2. The van der Waals surface area contributed by atoms with Crippen LogP contribution in [0.5, 0.6) is 5.75 Å². The second kappa shape index (κ2) is 8.90. The Bertz CT molecular complexity index is 1300. The first kappa shape index (κ1) is 20.9. The number of hydrogen-bond acceptors (Lipinski definition) is 4. The molecule has 1 fully saturated rings. The number of imidazole rings is 1. The lowest BCUT2D eigenvalue weighted by Crippen LogP contribution is -2.31. The maximum absolute atomic E-state index is 13.5. The highest BCUT2D eigenvalue weighted by atomic mass is 16.5. The number of imide groups is 1. The summed E-state index contributed by atoms with van der Waals surface area (Å²) < 4.78 is 7.45. The molecule has 5 rings (SSSR count). The Hall–Kier alpha value is -3.93. The zero-order valence-electron chi connectivity index (χ0n) is 18.5. The number of hydrogen-bond donors (Lipinski definition) is 0. The monoisotopic (exact) mass is 439 g/mol. The molecule has 166 valence electrons. The zero-order chi connectivity index (χ0) is 22.8. The molecule has 0 aliphatic carbocycles. The summed E-state index contributed by atoms with van der Waals surface area (Å²) in [5.74, 6) is 1.09. The molecule has 1 aromatic heterocycles. The Morgan fingerprint density at radius 2 is 1.64 bits per heavy atom. The molecule has 3 aromatic carbocycles. The molecule has 6 heteroatoms. The van der Waals surface area contributed by atoms with Crippen LogP contribution in [0.25, 0.3) is 11.0 Å². The fourth-order valence-corrected chi connectivity index (χ4v) is 4.47. The molecule has 0 spiro atoms. The molecule has 2 amide bonds. The van der Waals surface area contributed by atoms with Crippen LogP contribution in [0.15, 0.2) is 78.9 Å². The third-order valence-electron chi connectivity index (χ3n) is 5.99. The maximum atomic E-state index is 13.5. The number of carbonyl (C=O) groups excluding carboxylic acids is 2. The lowest BCUT2D eigenvalue weighted by molar-refractivity contribution is -0.122. The summed E-state index contributed by atoms with van der Waals surface area (Å²) in [5, 5.41) is 0. The predicted octanol–water partition coefficient (Wildman–Crippen LogP) is 4.72. The van der Waals surface area contributed by atoms with Crippen LogP contribution in [0.4, 0.5) is 5.69 Å². The number of rotatable bonds is 7. The van der Waals surface area contributed by atoms with Crippen molar-refractivity contribution in [1.29, 1.82) is 0 Å². The standard InChI is InChI=1S/C27H25N3O3/c1-2-33-21-15-13-20(14-16-21)29-26(31)18-24(27(29)32)30-23-11-7-6-10-22(23)28-25(30)17-12-19-8-4-3-5-9-19/h3-11,13-16,24H,2,12,17-18H2,1H3/t24-/m0/s1. The van der Waals surface area contributed by atoms with Gasteiger partial charge in [0.25, 0.3) is 5.91 Å². The molecule has 0 unspecified atom stereocenters. The molecule has 1 atom stereocenters. The van der Waals surface area contributed by atoms with Crippen LogP contribution in [-0.2, 0) is 22.4 Å². The first-order valence-electron chi connectivity index (χ1n) is 11.2. The van der Waals surface area contributed by atoms with Gasteiger partial charge in [0, 0.05) is 6.42 Å². The van der Waals surface area contributed by atoms with Crippen LogP contribution in [0.2, 0.25) is 0 Å². The van der Waals surface area contributed by atoms with E-state index in [0.717, 1.165) is 23.3 Å². The number of fused-ring (bicyclic) bond motifs is 1. The second-order valence-corrected chi connectivity index (χ2v) is 8.09. The average Bonchev–Trinajstić information content (AvgIpc) is 3.35. The summed E-state index contributed by atoms with van der Waals surface area (Å²) in [5.41, 5.74) is 3.48. The van der Waals surface area contributed by atoms with E-state index in [1.807, 2.05) is 54.0 Å². The molecule has 4 aromatic rings.